The molecule has 0 saturated carbocycles. The Balaban J connectivity index is 1.42. The average Bonchev–Trinajstić information content (AvgIpc) is 3.34. The first-order chi connectivity index (χ1) is 13.3. The molecule has 134 valence electrons. The number of carbonyl (C=O) groups excluding carboxylic acids is 1. The quantitative estimate of drug-likeness (QED) is 0.745. The molecule has 0 saturated heterocycles. The van der Waals surface area contributed by atoms with Crippen LogP contribution in [-0.4, -0.2) is 22.4 Å². The third-order valence-corrected chi connectivity index (χ3v) is 5.47. The second-order valence-corrected chi connectivity index (χ2v) is 7.27. The van der Waals surface area contributed by atoms with Crippen LogP contribution in [0.4, 0.5) is 0 Å². The first kappa shape index (κ1) is 16.1. The van der Waals surface area contributed by atoms with Crippen LogP contribution in [0, 0.1) is 0 Å². The van der Waals surface area contributed by atoms with Crippen LogP contribution < -0.4 is 5.32 Å². The van der Waals surface area contributed by atoms with E-state index in [-0.39, 0.29) is 5.91 Å². The fourth-order valence-electron chi connectivity index (χ4n) is 4.03. The van der Waals surface area contributed by atoms with E-state index < -0.39 is 0 Å². The number of fused-ring (bicyclic) bond motifs is 2. The zero-order valence-electron chi connectivity index (χ0n) is 15.1. The SMILES string of the molecule is O=C1NCCc2[nH]c(-c3ccnc(C=Cc4ccc5c(c4)CCC5)c3)cc21. The predicted octanol–water partition coefficient (Wildman–Crippen LogP) is 4.02. The molecule has 0 atom stereocenters. The largest absolute Gasteiger partial charge is 0.358 e. The van der Waals surface area contributed by atoms with Crippen molar-refractivity contribution >= 4 is 18.1 Å². The van der Waals surface area contributed by atoms with Gasteiger partial charge in [0, 0.05) is 36.1 Å². The van der Waals surface area contributed by atoms with Crippen molar-refractivity contribution in [2.24, 2.45) is 0 Å². The molecule has 3 heterocycles. The molecule has 27 heavy (non-hydrogen) atoms. The van der Waals surface area contributed by atoms with Gasteiger partial charge >= 0.3 is 0 Å². The maximum Gasteiger partial charge on any atom is 0.253 e. The summed E-state index contributed by atoms with van der Waals surface area (Å²) in [6.07, 6.45) is 10.5. The average molecular weight is 355 g/mol. The van der Waals surface area contributed by atoms with E-state index in [4.69, 9.17) is 0 Å². The van der Waals surface area contributed by atoms with Gasteiger partial charge < -0.3 is 10.3 Å². The Morgan fingerprint density at radius 2 is 1.89 bits per heavy atom. The second kappa shape index (κ2) is 6.54. The van der Waals surface area contributed by atoms with E-state index in [9.17, 15) is 4.79 Å². The highest BCUT2D eigenvalue weighted by molar-refractivity contribution is 5.97. The summed E-state index contributed by atoms with van der Waals surface area (Å²) < 4.78 is 0. The number of pyridine rings is 1. The summed E-state index contributed by atoms with van der Waals surface area (Å²) in [6.45, 7) is 0.691. The molecule has 1 aliphatic heterocycles. The summed E-state index contributed by atoms with van der Waals surface area (Å²) in [4.78, 5) is 19.8. The van der Waals surface area contributed by atoms with Gasteiger partial charge in [-0.15, -0.1) is 0 Å². The molecule has 2 aromatic heterocycles. The molecule has 0 spiro atoms. The number of carbonyl (C=O) groups is 1. The molecular weight excluding hydrogens is 334 g/mol. The van der Waals surface area contributed by atoms with E-state index in [1.807, 2.05) is 18.3 Å². The van der Waals surface area contributed by atoms with Crippen LogP contribution in [0.2, 0.25) is 0 Å². The highest BCUT2D eigenvalue weighted by atomic mass is 16.1. The van der Waals surface area contributed by atoms with Crippen LogP contribution in [0.1, 0.15) is 44.9 Å². The van der Waals surface area contributed by atoms with Crippen molar-refractivity contribution in [3.8, 4) is 11.3 Å². The lowest BCUT2D eigenvalue weighted by molar-refractivity contribution is 0.0946. The molecule has 4 nitrogen and oxygen atoms in total. The predicted molar refractivity (Wildman–Crippen MR) is 107 cm³/mol. The smallest absolute Gasteiger partial charge is 0.253 e. The van der Waals surface area contributed by atoms with Crippen LogP contribution in [0.5, 0.6) is 0 Å². The number of nitrogens with zero attached hydrogens (tertiary/aromatic N) is 1. The minimum atomic E-state index is 0.00420. The molecule has 1 aromatic carbocycles. The first-order valence-corrected chi connectivity index (χ1v) is 9.53. The van der Waals surface area contributed by atoms with Crippen LogP contribution in [-0.2, 0) is 19.3 Å². The zero-order valence-corrected chi connectivity index (χ0v) is 15.1. The summed E-state index contributed by atoms with van der Waals surface area (Å²) in [5.74, 6) is 0.00420. The highest BCUT2D eigenvalue weighted by Crippen LogP contribution is 2.26. The fourth-order valence-corrected chi connectivity index (χ4v) is 4.03. The van der Waals surface area contributed by atoms with Crippen molar-refractivity contribution in [3.63, 3.8) is 0 Å². The molecule has 0 unspecified atom stereocenters. The molecule has 1 amide bonds. The van der Waals surface area contributed by atoms with E-state index in [1.54, 1.807) is 0 Å². The van der Waals surface area contributed by atoms with E-state index >= 15 is 0 Å². The normalized spacial score (nSPS) is 15.6. The standard InChI is InChI=1S/C23H21N3O/c27-23-20-14-22(26-21(20)9-11-25-23)18-8-10-24-19(13-18)7-5-15-4-6-16-2-1-3-17(16)12-15/h4-8,10,12-14,26H,1-3,9,11H2,(H,25,27). The van der Waals surface area contributed by atoms with Crippen LogP contribution in [0.25, 0.3) is 23.4 Å². The van der Waals surface area contributed by atoms with E-state index in [1.165, 1.54) is 36.0 Å². The summed E-state index contributed by atoms with van der Waals surface area (Å²) in [6, 6.07) is 12.7. The molecule has 1 aliphatic carbocycles. The summed E-state index contributed by atoms with van der Waals surface area (Å²) in [5, 5.41) is 2.89. The lowest BCUT2D eigenvalue weighted by Crippen LogP contribution is -2.31. The van der Waals surface area contributed by atoms with E-state index in [0.29, 0.717) is 6.54 Å². The zero-order chi connectivity index (χ0) is 18.2. The monoisotopic (exact) mass is 355 g/mol. The molecule has 0 radical (unpaired) electrons. The topological polar surface area (TPSA) is 57.8 Å². The van der Waals surface area contributed by atoms with Crippen LogP contribution >= 0.6 is 0 Å². The highest BCUT2D eigenvalue weighted by Gasteiger charge is 2.19. The summed E-state index contributed by atoms with van der Waals surface area (Å²) >= 11 is 0. The van der Waals surface area contributed by atoms with E-state index in [0.717, 1.165) is 34.6 Å². The Morgan fingerprint density at radius 1 is 0.963 bits per heavy atom. The van der Waals surface area contributed by atoms with Gasteiger partial charge in [-0.3, -0.25) is 9.78 Å². The van der Waals surface area contributed by atoms with Crippen LogP contribution in [0.3, 0.4) is 0 Å². The minimum Gasteiger partial charge on any atom is -0.358 e. The van der Waals surface area contributed by atoms with Crippen molar-refractivity contribution in [1.29, 1.82) is 0 Å². The van der Waals surface area contributed by atoms with Gasteiger partial charge in [0.1, 0.15) is 0 Å². The molecule has 4 heteroatoms. The number of aryl methyl sites for hydroxylation is 2. The number of rotatable bonds is 3. The Morgan fingerprint density at radius 3 is 2.81 bits per heavy atom. The van der Waals surface area contributed by atoms with Gasteiger partial charge in [-0.2, -0.15) is 0 Å². The minimum absolute atomic E-state index is 0.00420. The first-order valence-electron chi connectivity index (χ1n) is 9.53. The van der Waals surface area contributed by atoms with Gasteiger partial charge in [-0.05, 0) is 60.2 Å². The second-order valence-electron chi connectivity index (χ2n) is 7.27. The molecule has 0 bridgehead atoms. The number of aromatic amines is 1. The number of hydrogen-bond donors (Lipinski definition) is 2. The van der Waals surface area contributed by atoms with Crippen LogP contribution in [0.15, 0.2) is 42.6 Å². The van der Waals surface area contributed by atoms with Gasteiger partial charge in [0.25, 0.3) is 5.91 Å². The Kier molecular flexibility index (Phi) is 3.89. The number of H-pyrrole nitrogens is 1. The van der Waals surface area contributed by atoms with Gasteiger partial charge in [-0.25, -0.2) is 0 Å². The number of aromatic nitrogens is 2. The lowest BCUT2D eigenvalue weighted by Gasteiger charge is -2.10. The van der Waals surface area contributed by atoms with Gasteiger partial charge in [0.2, 0.25) is 0 Å². The maximum absolute atomic E-state index is 12.0. The summed E-state index contributed by atoms with van der Waals surface area (Å²) in [5.41, 5.74) is 8.87. The van der Waals surface area contributed by atoms with Gasteiger partial charge in [-0.1, -0.05) is 24.3 Å². The molecule has 2 aliphatic rings. The molecule has 5 rings (SSSR count). The van der Waals surface area contributed by atoms with E-state index in [2.05, 4.69) is 51.7 Å². The third-order valence-electron chi connectivity index (χ3n) is 5.47. The van der Waals surface area contributed by atoms with Gasteiger partial charge in [0.05, 0.1) is 11.3 Å². The molecular formula is C23H21N3O. The van der Waals surface area contributed by atoms with Crippen molar-refractivity contribution < 1.29 is 4.79 Å². The van der Waals surface area contributed by atoms with Crippen molar-refractivity contribution in [3.05, 3.63) is 76.2 Å². The number of hydrogen-bond acceptors (Lipinski definition) is 2. The fraction of sp³-hybridized carbons (Fsp3) is 0.217. The van der Waals surface area contributed by atoms with Crippen molar-refractivity contribution in [2.45, 2.75) is 25.7 Å². The van der Waals surface area contributed by atoms with Gasteiger partial charge in [0.15, 0.2) is 0 Å². The van der Waals surface area contributed by atoms with Crippen molar-refractivity contribution in [2.75, 3.05) is 6.54 Å². The Bertz CT molecular complexity index is 1060. The summed E-state index contributed by atoms with van der Waals surface area (Å²) in [7, 11) is 0. The maximum atomic E-state index is 12.0. The molecule has 0 fully saturated rings. The number of benzene rings is 1. The Hall–Kier alpha value is -3.14. The molecule has 2 N–H and O–H groups in total. The lowest BCUT2D eigenvalue weighted by atomic mass is 10.1. The Labute approximate surface area is 158 Å². The number of nitrogens with one attached hydrogen (secondary N) is 2. The number of amides is 1. The van der Waals surface area contributed by atoms with Crippen molar-refractivity contribution in [1.82, 2.24) is 15.3 Å². The molecule has 3 aromatic rings. The third kappa shape index (κ3) is 3.08.